The van der Waals surface area contributed by atoms with Gasteiger partial charge in [-0.1, -0.05) is 23.7 Å². The molecule has 26 heavy (non-hydrogen) atoms. The first kappa shape index (κ1) is 16.7. The lowest BCUT2D eigenvalue weighted by atomic mass is 10.1. The van der Waals surface area contributed by atoms with Crippen molar-refractivity contribution in [1.82, 2.24) is 14.7 Å². The molecule has 1 amide bonds. The smallest absolute Gasteiger partial charge is 0.253 e. The number of carbonyl (C=O) groups excluding carboxylic acids is 1. The SMILES string of the molecule is O=C(c1ccc(-n2cccn2)cc1)N1CCN(c2ccccc2Cl)CC1. The van der Waals surface area contributed by atoms with Crippen LogP contribution < -0.4 is 4.90 Å². The van der Waals surface area contributed by atoms with Gasteiger partial charge in [0.25, 0.3) is 5.91 Å². The van der Waals surface area contributed by atoms with Crippen LogP contribution in [0, 0.1) is 0 Å². The number of benzene rings is 2. The molecule has 4 rings (SSSR count). The van der Waals surface area contributed by atoms with Crippen LogP contribution >= 0.6 is 11.6 Å². The summed E-state index contributed by atoms with van der Waals surface area (Å²) in [6.45, 7) is 2.93. The normalized spacial score (nSPS) is 14.5. The number of aromatic nitrogens is 2. The zero-order valence-electron chi connectivity index (χ0n) is 14.3. The Labute approximate surface area is 157 Å². The van der Waals surface area contributed by atoms with Crippen molar-refractivity contribution in [1.29, 1.82) is 0 Å². The predicted molar refractivity (Wildman–Crippen MR) is 103 cm³/mol. The van der Waals surface area contributed by atoms with Crippen LogP contribution in [0.5, 0.6) is 0 Å². The van der Waals surface area contributed by atoms with E-state index in [0.29, 0.717) is 18.7 Å². The van der Waals surface area contributed by atoms with E-state index in [2.05, 4.69) is 10.00 Å². The van der Waals surface area contributed by atoms with E-state index in [0.717, 1.165) is 29.5 Å². The van der Waals surface area contributed by atoms with Crippen molar-refractivity contribution in [2.75, 3.05) is 31.1 Å². The lowest BCUT2D eigenvalue weighted by Gasteiger charge is -2.36. The molecule has 1 fully saturated rings. The number of halogens is 1. The molecule has 3 aromatic rings. The third kappa shape index (κ3) is 3.30. The van der Waals surface area contributed by atoms with Gasteiger partial charge in [-0.05, 0) is 42.5 Å². The zero-order valence-corrected chi connectivity index (χ0v) is 15.0. The average Bonchev–Trinajstić information content (AvgIpc) is 3.23. The van der Waals surface area contributed by atoms with Crippen molar-refractivity contribution in [3.8, 4) is 5.69 Å². The number of piperazine rings is 1. The second-order valence-corrected chi connectivity index (χ2v) is 6.64. The van der Waals surface area contributed by atoms with Crippen LogP contribution in [0.3, 0.4) is 0 Å². The summed E-state index contributed by atoms with van der Waals surface area (Å²) in [4.78, 5) is 16.9. The molecule has 0 aliphatic carbocycles. The molecular formula is C20H19ClN4O. The van der Waals surface area contributed by atoms with Crippen molar-refractivity contribution in [2.24, 2.45) is 0 Å². The Morgan fingerprint density at radius 3 is 2.31 bits per heavy atom. The van der Waals surface area contributed by atoms with E-state index in [1.165, 1.54) is 0 Å². The molecule has 1 saturated heterocycles. The minimum atomic E-state index is 0.0656. The summed E-state index contributed by atoms with van der Waals surface area (Å²) in [5.74, 6) is 0.0656. The van der Waals surface area contributed by atoms with E-state index in [1.54, 1.807) is 10.9 Å². The van der Waals surface area contributed by atoms with Gasteiger partial charge in [0.05, 0.1) is 16.4 Å². The highest BCUT2D eigenvalue weighted by Gasteiger charge is 2.23. The molecule has 0 bridgehead atoms. The molecule has 0 saturated carbocycles. The number of amides is 1. The fourth-order valence-corrected chi connectivity index (χ4v) is 3.47. The zero-order chi connectivity index (χ0) is 17.9. The monoisotopic (exact) mass is 366 g/mol. The molecule has 0 N–H and O–H groups in total. The summed E-state index contributed by atoms with van der Waals surface area (Å²) < 4.78 is 1.77. The Balaban J connectivity index is 1.41. The molecular weight excluding hydrogens is 348 g/mol. The molecule has 2 heterocycles. The van der Waals surface area contributed by atoms with Gasteiger partial charge >= 0.3 is 0 Å². The highest BCUT2D eigenvalue weighted by Crippen LogP contribution is 2.26. The maximum Gasteiger partial charge on any atom is 0.253 e. The number of anilines is 1. The summed E-state index contributed by atoms with van der Waals surface area (Å²) in [5, 5.41) is 4.95. The van der Waals surface area contributed by atoms with Gasteiger partial charge in [-0.15, -0.1) is 0 Å². The van der Waals surface area contributed by atoms with Gasteiger partial charge in [0, 0.05) is 44.1 Å². The van der Waals surface area contributed by atoms with Crippen LogP contribution in [-0.2, 0) is 0 Å². The van der Waals surface area contributed by atoms with Gasteiger partial charge in [-0.2, -0.15) is 5.10 Å². The van der Waals surface area contributed by atoms with E-state index >= 15 is 0 Å². The van der Waals surface area contributed by atoms with Crippen LogP contribution in [0.4, 0.5) is 5.69 Å². The molecule has 132 valence electrons. The third-order valence-corrected chi connectivity index (χ3v) is 4.96. The molecule has 6 heteroatoms. The predicted octanol–water partition coefficient (Wildman–Crippen LogP) is 3.49. The Bertz CT molecular complexity index is 884. The van der Waals surface area contributed by atoms with Gasteiger partial charge in [0.1, 0.15) is 0 Å². The third-order valence-electron chi connectivity index (χ3n) is 4.64. The largest absolute Gasteiger partial charge is 0.367 e. The van der Waals surface area contributed by atoms with E-state index in [-0.39, 0.29) is 5.91 Å². The summed E-state index contributed by atoms with van der Waals surface area (Å²) in [6, 6.07) is 17.3. The molecule has 0 atom stereocenters. The van der Waals surface area contributed by atoms with Crippen LogP contribution in [0.25, 0.3) is 5.69 Å². The van der Waals surface area contributed by atoms with Crippen LogP contribution in [0.15, 0.2) is 67.0 Å². The molecule has 1 aliphatic heterocycles. The van der Waals surface area contributed by atoms with Crippen molar-refractivity contribution in [2.45, 2.75) is 0 Å². The van der Waals surface area contributed by atoms with E-state index < -0.39 is 0 Å². The second kappa shape index (κ2) is 7.22. The van der Waals surface area contributed by atoms with Crippen LogP contribution in [-0.4, -0.2) is 46.8 Å². The lowest BCUT2D eigenvalue weighted by Crippen LogP contribution is -2.48. The maximum atomic E-state index is 12.8. The quantitative estimate of drug-likeness (QED) is 0.712. The Hall–Kier alpha value is -2.79. The molecule has 5 nitrogen and oxygen atoms in total. The van der Waals surface area contributed by atoms with Crippen molar-refractivity contribution in [3.05, 3.63) is 77.6 Å². The second-order valence-electron chi connectivity index (χ2n) is 6.23. The van der Waals surface area contributed by atoms with Crippen molar-refractivity contribution < 1.29 is 4.79 Å². The number of carbonyl (C=O) groups is 1. The highest BCUT2D eigenvalue weighted by atomic mass is 35.5. The van der Waals surface area contributed by atoms with E-state index in [4.69, 9.17) is 11.6 Å². The summed E-state index contributed by atoms with van der Waals surface area (Å²) in [5.41, 5.74) is 2.67. The van der Waals surface area contributed by atoms with Crippen LogP contribution in [0.2, 0.25) is 5.02 Å². The molecule has 1 aromatic heterocycles. The Kier molecular flexibility index (Phi) is 4.63. The summed E-state index contributed by atoms with van der Waals surface area (Å²) in [7, 11) is 0. The Morgan fingerprint density at radius 1 is 0.923 bits per heavy atom. The maximum absolute atomic E-state index is 12.8. The van der Waals surface area contributed by atoms with Crippen LogP contribution in [0.1, 0.15) is 10.4 Å². The standard InChI is InChI=1S/C20H19ClN4O/c21-18-4-1-2-5-19(18)23-12-14-24(15-13-23)20(26)16-6-8-17(9-7-16)25-11-3-10-22-25/h1-11H,12-15H2. The number of hydrogen-bond acceptors (Lipinski definition) is 3. The molecule has 1 aliphatic rings. The van der Waals surface area contributed by atoms with E-state index in [9.17, 15) is 4.79 Å². The van der Waals surface area contributed by atoms with Gasteiger partial charge < -0.3 is 9.80 Å². The van der Waals surface area contributed by atoms with Gasteiger partial charge in [0.15, 0.2) is 0 Å². The summed E-state index contributed by atoms with van der Waals surface area (Å²) in [6.07, 6.45) is 3.61. The minimum absolute atomic E-state index is 0.0656. The minimum Gasteiger partial charge on any atom is -0.367 e. The highest BCUT2D eigenvalue weighted by molar-refractivity contribution is 6.33. The van der Waals surface area contributed by atoms with Crippen molar-refractivity contribution in [3.63, 3.8) is 0 Å². The first-order chi connectivity index (χ1) is 12.7. The lowest BCUT2D eigenvalue weighted by molar-refractivity contribution is 0.0747. The first-order valence-electron chi connectivity index (χ1n) is 8.61. The topological polar surface area (TPSA) is 41.4 Å². The first-order valence-corrected chi connectivity index (χ1v) is 8.99. The van der Waals surface area contributed by atoms with Gasteiger partial charge in [-0.3, -0.25) is 4.79 Å². The number of hydrogen-bond donors (Lipinski definition) is 0. The Morgan fingerprint density at radius 2 is 1.65 bits per heavy atom. The van der Waals surface area contributed by atoms with Gasteiger partial charge in [0.2, 0.25) is 0 Å². The van der Waals surface area contributed by atoms with Crippen molar-refractivity contribution >= 4 is 23.2 Å². The molecule has 0 spiro atoms. The number of rotatable bonds is 3. The molecule has 0 radical (unpaired) electrons. The average molecular weight is 367 g/mol. The number of para-hydroxylation sites is 1. The summed E-state index contributed by atoms with van der Waals surface area (Å²) >= 11 is 6.28. The number of nitrogens with zero attached hydrogens (tertiary/aromatic N) is 4. The molecule has 0 unspecified atom stereocenters. The fourth-order valence-electron chi connectivity index (χ4n) is 3.22. The van der Waals surface area contributed by atoms with E-state index in [1.807, 2.05) is 65.7 Å². The molecule has 2 aromatic carbocycles. The fraction of sp³-hybridized carbons (Fsp3) is 0.200. The van der Waals surface area contributed by atoms with Gasteiger partial charge in [-0.25, -0.2) is 4.68 Å².